The number of rotatable bonds is 8. The first-order chi connectivity index (χ1) is 9.63. The van der Waals surface area contributed by atoms with Gasteiger partial charge in [0, 0.05) is 13.1 Å². The second-order valence-electron chi connectivity index (χ2n) is 4.50. The fourth-order valence-corrected chi connectivity index (χ4v) is 1.89. The van der Waals surface area contributed by atoms with Crippen LogP contribution in [0.2, 0.25) is 0 Å². The molecule has 7 heteroatoms. The highest BCUT2D eigenvalue weighted by atomic mass is 16.3. The smallest absolute Gasteiger partial charge is 0.270 e. The minimum Gasteiger partial charge on any atom is -0.394 e. The van der Waals surface area contributed by atoms with Gasteiger partial charge < -0.3 is 20.3 Å². The van der Waals surface area contributed by atoms with Gasteiger partial charge in [-0.25, -0.2) is 4.98 Å². The number of carbonyl (C=O) groups is 2. The van der Waals surface area contributed by atoms with E-state index in [9.17, 15) is 14.7 Å². The van der Waals surface area contributed by atoms with Crippen molar-refractivity contribution in [3.05, 3.63) is 18.2 Å². The molecule has 1 aromatic heterocycles. The molecule has 0 aliphatic rings. The first-order valence-corrected chi connectivity index (χ1v) is 6.82. The Kier molecular flexibility index (Phi) is 6.72. The summed E-state index contributed by atoms with van der Waals surface area (Å²) in [5, 5.41) is 11.9. The molecule has 0 aliphatic carbocycles. The standard InChI is InChI=1S/C13H22N4O3/c1-3-5-17(6-4-2)13(20)11(8-18)16-12(19)10-7-14-9-15-10/h7,9,11,18H,3-6,8H2,1-2H3,(H,14,15)(H,16,19). The Bertz CT molecular complexity index is 413. The Hall–Kier alpha value is -1.89. The molecule has 0 saturated heterocycles. The van der Waals surface area contributed by atoms with Crippen LogP contribution in [0, 0.1) is 0 Å². The van der Waals surface area contributed by atoms with Gasteiger partial charge in [0.15, 0.2) is 0 Å². The largest absolute Gasteiger partial charge is 0.394 e. The molecule has 0 bridgehead atoms. The fourth-order valence-electron chi connectivity index (χ4n) is 1.89. The highest BCUT2D eigenvalue weighted by molar-refractivity contribution is 5.96. The quantitative estimate of drug-likeness (QED) is 0.632. The molecule has 0 aliphatic heterocycles. The van der Waals surface area contributed by atoms with E-state index in [1.165, 1.54) is 12.5 Å². The third-order valence-electron chi connectivity index (χ3n) is 2.83. The van der Waals surface area contributed by atoms with Crippen LogP contribution in [-0.4, -0.2) is 57.5 Å². The maximum Gasteiger partial charge on any atom is 0.270 e. The van der Waals surface area contributed by atoms with E-state index in [0.29, 0.717) is 13.1 Å². The molecule has 7 nitrogen and oxygen atoms in total. The number of amides is 2. The summed E-state index contributed by atoms with van der Waals surface area (Å²) in [6.45, 7) is 4.76. The zero-order valence-electron chi connectivity index (χ0n) is 11.9. The van der Waals surface area contributed by atoms with E-state index in [1.807, 2.05) is 13.8 Å². The third kappa shape index (κ3) is 4.34. The molecule has 20 heavy (non-hydrogen) atoms. The number of aromatic amines is 1. The van der Waals surface area contributed by atoms with E-state index in [1.54, 1.807) is 4.90 Å². The number of nitrogens with zero attached hydrogens (tertiary/aromatic N) is 2. The molecule has 1 aromatic rings. The molecule has 3 N–H and O–H groups in total. The second kappa shape index (κ2) is 8.31. The molecule has 0 radical (unpaired) electrons. The van der Waals surface area contributed by atoms with Crippen LogP contribution in [0.15, 0.2) is 12.5 Å². The molecule has 112 valence electrons. The second-order valence-corrected chi connectivity index (χ2v) is 4.50. The van der Waals surface area contributed by atoms with Gasteiger partial charge in [0.25, 0.3) is 5.91 Å². The van der Waals surface area contributed by atoms with Crippen LogP contribution in [0.25, 0.3) is 0 Å². The van der Waals surface area contributed by atoms with Crippen molar-refractivity contribution < 1.29 is 14.7 Å². The fraction of sp³-hybridized carbons (Fsp3) is 0.615. The Labute approximate surface area is 118 Å². The first kappa shape index (κ1) is 16.2. The van der Waals surface area contributed by atoms with Gasteiger partial charge >= 0.3 is 0 Å². The lowest BCUT2D eigenvalue weighted by atomic mass is 10.2. The van der Waals surface area contributed by atoms with E-state index >= 15 is 0 Å². The number of H-pyrrole nitrogens is 1. The lowest BCUT2D eigenvalue weighted by Gasteiger charge is -2.26. The molecule has 1 rings (SSSR count). The molecule has 1 heterocycles. The SMILES string of the molecule is CCCN(CCC)C(=O)C(CO)NC(=O)c1cnc[nH]1. The van der Waals surface area contributed by atoms with E-state index in [4.69, 9.17) is 0 Å². The van der Waals surface area contributed by atoms with Crippen LogP contribution in [0.3, 0.4) is 0 Å². The van der Waals surface area contributed by atoms with E-state index < -0.39 is 18.6 Å². The summed E-state index contributed by atoms with van der Waals surface area (Å²) < 4.78 is 0. The number of carbonyl (C=O) groups excluding carboxylic acids is 2. The van der Waals surface area contributed by atoms with Crippen molar-refractivity contribution in [2.24, 2.45) is 0 Å². The molecular formula is C13H22N4O3. The van der Waals surface area contributed by atoms with Crippen LogP contribution < -0.4 is 5.32 Å². The van der Waals surface area contributed by atoms with Gasteiger partial charge in [0.2, 0.25) is 5.91 Å². The average Bonchev–Trinajstić information content (AvgIpc) is 2.97. The van der Waals surface area contributed by atoms with Crippen molar-refractivity contribution in [1.82, 2.24) is 20.2 Å². The van der Waals surface area contributed by atoms with E-state index in [2.05, 4.69) is 15.3 Å². The van der Waals surface area contributed by atoms with Crippen molar-refractivity contribution in [3.8, 4) is 0 Å². The summed E-state index contributed by atoms with van der Waals surface area (Å²) in [7, 11) is 0. The monoisotopic (exact) mass is 282 g/mol. The van der Waals surface area contributed by atoms with Crippen LogP contribution in [-0.2, 0) is 4.79 Å². The van der Waals surface area contributed by atoms with Gasteiger partial charge in [0.1, 0.15) is 11.7 Å². The number of hydrogen-bond acceptors (Lipinski definition) is 4. The Balaban J connectivity index is 2.68. The zero-order chi connectivity index (χ0) is 15.0. The van der Waals surface area contributed by atoms with Crippen LogP contribution in [0.1, 0.15) is 37.2 Å². The lowest BCUT2D eigenvalue weighted by molar-refractivity contribution is -0.134. The number of aromatic nitrogens is 2. The maximum atomic E-state index is 12.3. The van der Waals surface area contributed by atoms with Gasteiger partial charge in [-0.1, -0.05) is 13.8 Å². The summed E-state index contributed by atoms with van der Waals surface area (Å²) in [5.41, 5.74) is 0.258. The van der Waals surface area contributed by atoms with Gasteiger partial charge in [-0.3, -0.25) is 9.59 Å². The lowest BCUT2D eigenvalue weighted by Crippen LogP contribution is -2.51. The van der Waals surface area contributed by atoms with Gasteiger partial charge in [-0.2, -0.15) is 0 Å². The van der Waals surface area contributed by atoms with Gasteiger partial charge in [0.05, 0.1) is 19.1 Å². The number of aliphatic hydroxyl groups excluding tert-OH is 1. The average molecular weight is 282 g/mol. The first-order valence-electron chi connectivity index (χ1n) is 6.82. The summed E-state index contributed by atoms with van der Waals surface area (Å²) in [5.74, 6) is -0.716. The van der Waals surface area contributed by atoms with E-state index in [-0.39, 0.29) is 11.6 Å². The highest BCUT2D eigenvalue weighted by Crippen LogP contribution is 2.01. The topological polar surface area (TPSA) is 98.3 Å². The minimum absolute atomic E-state index is 0.258. The molecule has 1 atom stereocenters. The van der Waals surface area contributed by atoms with E-state index in [0.717, 1.165) is 12.8 Å². The Morgan fingerprint density at radius 3 is 2.50 bits per heavy atom. The summed E-state index contributed by atoms with van der Waals surface area (Å²) in [6, 6.07) is -0.927. The van der Waals surface area contributed by atoms with Crippen molar-refractivity contribution in [2.75, 3.05) is 19.7 Å². The van der Waals surface area contributed by atoms with Crippen molar-refractivity contribution >= 4 is 11.8 Å². The van der Waals surface area contributed by atoms with Crippen LogP contribution >= 0.6 is 0 Å². The molecule has 0 spiro atoms. The molecule has 0 saturated carbocycles. The van der Waals surface area contributed by atoms with Gasteiger partial charge in [-0.05, 0) is 12.8 Å². The number of imidazole rings is 1. The Morgan fingerprint density at radius 1 is 1.40 bits per heavy atom. The predicted molar refractivity (Wildman–Crippen MR) is 74.1 cm³/mol. The maximum absolute atomic E-state index is 12.3. The predicted octanol–water partition coefficient (Wildman–Crippen LogP) is 0.149. The number of nitrogens with one attached hydrogen (secondary N) is 2. The van der Waals surface area contributed by atoms with Crippen molar-refractivity contribution in [1.29, 1.82) is 0 Å². The molecule has 1 unspecified atom stereocenters. The van der Waals surface area contributed by atoms with Crippen molar-refractivity contribution in [2.45, 2.75) is 32.7 Å². The third-order valence-corrected chi connectivity index (χ3v) is 2.83. The number of hydrogen-bond donors (Lipinski definition) is 3. The summed E-state index contributed by atoms with van der Waals surface area (Å²) in [4.78, 5) is 32.2. The summed E-state index contributed by atoms with van der Waals surface area (Å²) >= 11 is 0. The Morgan fingerprint density at radius 2 is 2.05 bits per heavy atom. The number of aliphatic hydroxyl groups is 1. The highest BCUT2D eigenvalue weighted by Gasteiger charge is 2.25. The summed E-state index contributed by atoms with van der Waals surface area (Å²) in [6.07, 6.45) is 4.41. The molecule has 0 aromatic carbocycles. The van der Waals surface area contributed by atoms with Gasteiger partial charge in [-0.15, -0.1) is 0 Å². The molecule has 2 amide bonds. The zero-order valence-corrected chi connectivity index (χ0v) is 11.9. The molecule has 0 fully saturated rings. The van der Waals surface area contributed by atoms with Crippen LogP contribution in [0.5, 0.6) is 0 Å². The minimum atomic E-state index is -0.927. The normalized spacial score (nSPS) is 11.9. The molecular weight excluding hydrogens is 260 g/mol. The van der Waals surface area contributed by atoms with Crippen molar-refractivity contribution in [3.63, 3.8) is 0 Å². The van der Waals surface area contributed by atoms with Crippen LogP contribution in [0.4, 0.5) is 0 Å².